The first-order chi connectivity index (χ1) is 8.70. The molecule has 19 heavy (non-hydrogen) atoms. The van der Waals surface area contributed by atoms with Crippen molar-refractivity contribution in [2.75, 3.05) is 6.54 Å². The van der Waals surface area contributed by atoms with Crippen LogP contribution in [0, 0.1) is 5.92 Å². The molecule has 1 unspecified atom stereocenters. The van der Waals surface area contributed by atoms with Gasteiger partial charge >= 0.3 is 6.18 Å². The normalized spacial score (nSPS) is 13.6. The van der Waals surface area contributed by atoms with Gasteiger partial charge in [0.25, 0.3) is 5.91 Å². The molecular formula is C12H18F3N3O. The third-order valence-electron chi connectivity index (χ3n) is 2.77. The lowest BCUT2D eigenvalue weighted by Crippen LogP contribution is -2.41. The second-order valence-electron chi connectivity index (χ2n) is 4.75. The fraction of sp³-hybridized carbons (Fsp3) is 0.583. The first kappa shape index (κ1) is 15.6. The van der Waals surface area contributed by atoms with Gasteiger partial charge in [0.1, 0.15) is 12.2 Å². The summed E-state index contributed by atoms with van der Waals surface area (Å²) in [5.41, 5.74) is 5.74. The predicted molar refractivity (Wildman–Crippen MR) is 65.6 cm³/mol. The summed E-state index contributed by atoms with van der Waals surface area (Å²) >= 11 is 0. The molecule has 1 aromatic heterocycles. The van der Waals surface area contributed by atoms with E-state index < -0.39 is 18.6 Å². The van der Waals surface area contributed by atoms with Crippen LogP contribution in [-0.4, -0.2) is 29.2 Å². The Morgan fingerprint density at radius 2 is 2.11 bits per heavy atom. The molecule has 108 valence electrons. The maximum Gasteiger partial charge on any atom is 0.406 e. The number of carbonyl (C=O) groups is 1. The summed E-state index contributed by atoms with van der Waals surface area (Å²) in [4.78, 5) is 11.8. The molecule has 0 aromatic carbocycles. The standard InChI is InChI=1S/C12H18F3N3O/c1-8(2)9(16)6-17-11(19)10-4-3-5-18(10)7-12(13,14)15/h3-5,8-9H,6-7,16H2,1-2H3,(H,17,19). The molecule has 0 saturated carbocycles. The van der Waals surface area contributed by atoms with Crippen LogP contribution >= 0.6 is 0 Å². The van der Waals surface area contributed by atoms with E-state index in [-0.39, 0.29) is 24.2 Å². The number of nitrogens with two attached hydrogens (primary N) is 1. The summed E-state index contributed by atoms with van der Waals surface area (Å²) in [6.45, 7) is 2.86. The minimum absolute atomic E-state index is 0.0201. The van der Waals surface area contributed by atoms with Gasteiger partial charge in [-0.3, -0.25) is 4.79 Å². The van der Waals surface area contributed by atoms with Crippen LogP contribution in [0.3, 0.4) is 0 Å². The maximum absolute atomic E-state index is 12.3. The second-order valence-corrected chi connectivity index (χ2v) is 4.75. The van der Waals surface area contributed by atoms with Gasteiger partial charge in [0.05, 0.1) is 0 Å². The average molecular weight is 277 g/mol. The molecule has 0 saturated heterocycles. The van der Waals surface area contributed by atoms with Gasteiger partial charge in [-0.2, -0.15) is 13.2 Å². The van der Waals surface area contributed by atoms with Gasteiger partial charge in [0, 0.05) is 18.8 Å². The van der Waals surface area contributed by atoms with E-state index in [0.29, 0.717) is 0 Å². The minimum Gasteiger partial charge on any atom is -0.349 e. The Morgan fingerprint density at radius 3 is 2.63 bits per heavy atom. The zero-order valence-electron chi connectivity index (χ0n) is 10.9. The zero-order chi connectivity index (χ0) is 14.6. The molecule has 0 aliphatic carbocycles. The number of amides is 1. The molecule has 1 aromatic rings. The van der Waals surface area contributed by atoms with Gasteiger partial charge in [0.2, 0.25) is 0 Å². The van der Waals surface area contributed by atoms with Crippen LogP contribution in [0.2, 0.25) is 0 Å². The molecule has 4 nitrogen and oxygen atoms in total. The highest BCUT2D eigenvalue weighted by atomic mass is 19.4. The average Bonchev–Trinajstić information content (AvgIpc) is 2.70. The Hall–Kier alpha value is -1.50. The Morgan fingerprint density at radius 1 is 1.47 bits per heavy atom. The molecule has 7 heteroatoms. The van der Waals surface area contributed by atoms with Crippen molar-refractivity contribution in [3.05, 3.63) is 24.0 Å². The molecule has 3 N–H and O–H groups in total. The SMILES string of the molecule is CC(C)C(N)CNC(=O)c1cccn1CC(F)(F)F. The van der Waals surface area contributed by atoms with E-state index >= 15 is 0 Å². The number of hydrogen-bond donors (Lipinski definition) is 2. The second kappa shape index (κ2) is 6.10. The van der Waals surface area contributed by atoms with Crippen LogP contribution in [0.1, 0.15) is 24.3 Å². The van der Waals surface area contributed by atoms with Crippen LogP contribution in [0.15, 0.2) is 18.3 Å². The lowest BCUT2D eigenvalue weighted by atomic mass is 10.1. The lowest BCUT2D eigenvalue weighted by molar-refractivity contribution is -0.140. The van der Waals surface area contributed by atoms with E-state index in [9.17, 15) is 18.0 Å². The van der Waals surface area contributed by atoms with E-state index in [1.54, 1.807) is 0 Å². The molecule has 0 bridgehead atoms. The molecule has 0 spiro atoms. The van der Waals surface area contributed by atoms with E-state index in [1.165, 1.54) is 18.3 Å². The first-order valence-electron chi connectivity index (χ1n) is 5.96. The van der Waals surface area contributed by atoms with Gasteiger partial charge < -0.3 is 15.6 Å². The summed E-state index contributed by atoms with van der Waals surface area (Å²) in [5, 5.41) is 2.54. The van der Waals surface area contributed by atoms with Gasteiger partial charge in [-0.1, -0.05) is 13.8 Å². The Balaban J connectivity index is 2.65. The van der Waals surface area contributed by atoms with Crippen molar-refractivity contribution in [2.45, 2.75) is 32.6 Å². The van der Waals surface area contributed by atoms with Crippen molar-refractivity contribution < 1.29 is 18.0 Å². The van der Waals surface area contributed by atoms with Gasteiger partial charge in [-0.25, -0.2) is 0 Å². The number of aromatic nitrogens is 1. The van der Waals surface area contributed by atoms with Gasteiger partial charge in [0.15, 0.2) is 0 Å². The van der Waals surface area contributed by atoms with Crippen molar-refractivity contribution in [3.63, 3.8) is 0 Å². The quantitative estimate of drug-likeness (QED) is 0.861. The Bertz CT molecular complexity index is 426. The number of hydrogen-bond acceptors (Lipinski definition) is 2. The van der Waals surface area contributed by atoms with Crippen LogP contribution < -0.4 is 11.1 Å². The van der Waals surface area contributed by atoms with Crippen molar-refractivity contribution in [1.82, 2.24) is 9.88 Å². The number of alkyl halides is 3. The zero-order valence-corrected chi connectivity index (χ0v) is 10.9. The largest absolute Gasteiger partial charge is 0.406 e. The lowest BCUT2D eigenvalue weighted by Gasteiger charge is -2.17. The number of carbonyl (C=O) groups excluding carboxylic acids is 1. The summed E-state index contributed by atoms with van der Waals surface area (Å²) < 4.78 is 37.8. The minimum atomic E-state index is -4.36. The maximum atomic E-state index is 12.3. The number of halogens is 3. The molecule has 0 fully saturated rings. The highest BCUT2D eigenvalue weighted by Gasteiger charge is 2.29. The van der Waals surface area contributed by atoms with Gasteiger partial charge in [-0.05, 0) is 18.1 Å². The highest BCUT2D eigenvalue weighted by molar-refractivity contribution is 5.92. The molecule has 1 amide bonds. The summed E-state index contributed by atoms with van der Waals surface area (Å²) in [7, 11) is 0. The number of rotatable bonds is 5. The third kappa shape index (κ3) is 4.94. The van der Waals surface area contributed by atoms with E-state index in [2.05, 4.69) is 5.32 Å². The predicted octanol–water partition coefficient (Wildman–Crippen LogP) is 1.76. The summed E-state index contributed by atoms with van der Waals surface area (Å²) in [5.74, 6) is -0.368. The summed E-state index contributed by atoms with van der Waals surface area (Å²) in [6, 6.07) is 2.53. The van der Waals surface area contributed by atoms with E-state index in [0.717, 1.165) is 4.57 Å². The summed E-state index contributed by atoms with van der Waals surface area (Å²) in [6.07, 6.45) is -3.13. The van der Waals surface area contributed by atoms with Crippen LogP contribution in [0.4, 0.5) is 13.2 Å². The smallest absolute Gasteiger partial charge is 0.349 e. The van der Waals surface area contributed by atoms with Gasteiger partial charge in [-0.15, -0.1) is 0 Å². The van der Waals surface area contributed by atoms with Crippen molar-refractivity contribution >= 4 is 5.91 Å². The van der Waals surface area contributed by atoms with Crippen LogP contribution in [-0.2, 0) is 6.54 Å². The van der Waals surface area contributed by atoms with Crippen LogP contribution in [0.5, 0.6) is 0 Å². The molecule has 0 aliphatic heterocycles. The molecule has 0 radical (unpaired) electrons. The first-order valence-corrected chi connectivity index (χ1v) is 5.96. The van der Waals surface area contributed by atoms with Crippen LogP contribution in [0.25, 0.3) is 0 Å². The number of nitrogens with zero attached hydrogens (tertiary/aromatic N) is 1. The monoisotopic (exact) mass is 277 g/mol. The molecular weight excluding hydrogens is 259 g/mol. The number of nitrogens with one attached hydrogen (secondary N) is 1. The fourth-order valence-electron chi connectivity index (χ4n) is 1.49. The van der Waals surface area contributed by atoms with E-state index in [1.807, 2.05) is 13.8 Å². The molecule has 0 aliphatic rings. The third-order valence-corrected chi connectivity index (χ3v) is 2.77. The van der Waals surface area contributed by atoms with E-state index in [4.69, 9.17) is 5.73 Å². The highest BCUT2D eigenvalue weighted by Crippen LogP contribution is 2.19. The Labute approximate surface area is 109 Å². The van der Waals surface area contributed by atoms with Crippen molar-refractivity contribution in [2.24, 2.45) is 11.7 Å². The molecule has 1 atom stereocenters. The molecule has 1 heterocycles. The Kier molecular flexibility index (Phi) is 4.99. The topological polar surface area (TPSA) is 60.0 Å². The van der Waals surface area contributed by atoms with Crippen molar-refractivity contribution in [1.29, 1.82) is 0 Å². The van der Waals surface area contributed by atoms with Crippen molar-refractivity contribution in [3.8, 4) is 0 Å². The molecule has 1 rings (SSSR count). The fourth-order valence-corrected chi connectivity index (χ4v) is 1.49.